The number of aliphatic hydroxyl groups is 1. The Morgan fingerprint density at radius 2 is 2.40 bits per heavy atom. The van der Waals surface area contributed by atoms with Crippen molar-refractivity contribution >= 4 is 0 Å². The molecule has 0 aliphatic heterocycles. The molecule has 0 amide bonds. The van der Waals surface area contributed by atoms with Crippen LogP contribution in [0, 0.1) is 11.3 Å². The summed E-state index contributed by atoms with van der Waals surface area (Å²) in [4.78, 5) is 0. The van der Waals surface area contributed by atoms with E-state index < -0.39 is 0 Å². The number of hydrogen-bond acceptors (Lipinski definition) is 1. The van der Waals surface area contributed by atoms with Crippen LogP contribution in [-0.2, 0) is 0 Å². The largest absolute Gasteiger partial charge is 0.393 e. The maximum absolute atomic E-state index is 9.47. The van der Waals surface area contributed by atoms with Crippen LogP contribution < -0.4 is 0 Å². The van der Waals surface area contributed by atoms with Crippen LogP contribution in [0.15, 0.2) is 12.7 Å². The fourth-order valence-corrected chi connectivity index (χ4v) is 2.34. The monoisotopic (exact) mass is 138 g/mol. The Bertz CT molecular complexity index is 164. The van der Waals surface area contributed by atoms with Crippen LogP contribution in [0.1, 0.15) is 25.7 Å². The lowest BCUT2D eigenvalue weighted by Gasteiger charge is -2.22. The van der Waals surface area contributed by atoms with Gasteiger partial charge in [0.2, 0.25) is 0 Å². The van der Waals surface area contributed by atoms with Crippen LogP contribution in [0.4, 0.5) is 0 Å². The first-order valence-corrected chi connectivity index (χ1v) is 4.10. The summed E-state index contributed by atoms with van der Waals surface area (Å²) in [7, 11) is 0. The molecular weight excluding hydrogens is 124 g/mol. The second-order valence-corrected chi connectivity index (χ2v) is 3.71. The summed E-state index contributed by atoms with van der Waals surface area (Å²) in [6.07, 6.45) is 6.69. The molecule has 0 aromatic heterocycles. The van der Waals surface area contributed by atoms with Gasteiger partial charge in [-0.3, -0.25) is 0 Å². The van der Waals surface area contributed by atoms with Crippen molar-refractivity contribution in [2.45, 2.75) is 31.8 Å². The van der Waals surface area contributed by atoms with E-state index in [2.05, 4.69) is 12.7 Å². The summed E-state index contributed by atoms with van der Waals surface area (Å²) in [6, 6.07) is 0. The van der Waals surface area contributed by atoms with Crippen molar-refractivity contribution < 1.29 is 5.11 Å². The Morgan fingerprint density at radius 3 is 3.00 bits per heavy atom. The third-order valence-electron chi connectivity index (χ3n) is 3.19. The molecule has 2 aliphatic rings. The highest BCUT2D eigenvalue weighted by Crippen LogP contribution is 2.61. The van der Waals surface area contributed by atoms with Gasteiger partial charge >= 0.3 is 0 Å². The van der Waals surface area contributed by atoms with Crippen LogP contribution in [0.5, 0.6) is 0 Å². The molecule has 1 nitrogen and oxygen atoms in total. The lowest BCUT2D eigenvalue weighted by Crippen LogP contribution is -2.20. The van der Waals surface area contributed by atoms with Gasteiger partial charge in [-0.05, 0) is 37.0 Å². The first-order valence-electron chi connectivity index (χ1n) is 4.10. The quantitative estimate of drug-likeness (QED) is 0.547. The molecule has 2 rings (SSSR count). The molecule has 2 aliphatic carbocycles. The zero-order chi connectivity index (χ0) is 7.19. The van der Waals surface area contributed by atoms with Crippen molar-refractivity contribution in [1.82, 2.24) is 0 Å². The van der Waals surface area contributed by atoms with E-state index in [1.807, 2.05) is 0 Å². The summed E-state index contributed by atoms with van der Waals surface area (Å²) < 4.78 is 0. The Morgan fingerprint density at radius 1 is 1.60 bits per heavy atom. The second kappa shape index (κ2) is 1.85. The van der Waals surface area contributed by atoms with E-state index in [1.165, 1.54) is 19.3 Å². The minimum Gasteiger partial charge on any atom is -0.393 e. The van der Waals surface area contributed by atoms with Gasteiger partial charge < -0.3 is 5.11 Å². The molecule has 0 saturated heterocycles. The standard InChI is InChI=1S/C9H14O/c1-2-9-5-3-4-8(10)7(9)6-9/h2,7-8,10H,1,3-6H2/t7-,8-,9-/m1/s1. The summed E-state index contributed by atoms with van der Waals surface area (Å²) in [5.74, 6) is 0.568. The van der Waals surface area contributed by atoms with Crippen LogP contribution in [0.3, 0.4) is 0 Å². The molecule has 2 saturated carbocycles. The molecule has 56 valence electrons. The van der Waals surface area contributed by atoms with Crippen LogP contribution >= 0.6 is 0 Å². The normalized spacial score (nSPS) is 51.7. The molecular formula is C9H14O. The molecule has 0 heterocycles. The molecule has 0 radical (unpaired) electrons. The van der Waals surface area contributed by atoms with Crippen molar-refractivity contribution in [3.05, 3.63) is 12.7 Å². The first-order chi connectivity index (χ1) is 4.78. The Hall–Kier alpha value is -0.300. The summed E-state index contributed by atoms with van der Waals surface area (Å²) >= 11 is 0. The number of aliphatic hydroxyl groups excluding tert-OH is 1. The smallest absolute Gasteiger partial charge is 0.0577 e. The van der Waals surface area contributed by atoms with Crippen LogP contribution in [-0.4, -0.2) is 11.2 Å². The van der Waals surface area contributed by atoms with Crippen molar-refractivity contribution in [1.29, 1.82) is 0 Å². The molecule has 1 heteroatoms. The van der Waals surface area contributed by atoms with Gasteiger partial charge in [-0.2, -0.15) is 0 Å². The number of hydrogen-bond donors (Lipinski definition) is 1. The van der Waals surface area contributed by atoms with Gasteiger partial charge in [-0.15, -0.1) is 6.58 Å². The molecule has 0 spiro atoms. The molecule has 3 atom stereocenters. The molecule has 10 heavy (non-hydrogen) atoms. The van der Waals surface area contributed by atoms with Crippen LogP contribution in [0.2, 0.25) is 0 Å². The van der Waals surface area contributed by atoms with Gasteiger partial charge in [0.15, 0.2) is 0 Å². The molecule has 0 bridgehead atoms. The molecule has 0 aromatic rings. The third kappa shape index (κ3) is 0.671. The number of fused-ring (bicyclic) bond motifs is 1. The lowest BCUT2D eigenvalue weighted by atomic mass is 9.87. The highest BCUT2D eigenvalue weighted by atomic mass is 16.3. The van der Waals surface area contributed by atoms with Gasteiger partial charge in [0.05, 0.1) is 6.10 Å². The SMILES string of the molecule is C=C[C@]12CCC[C@@H](O)[C@H]1C2. The van der Waals surface area contributed by atoms with Crippen molar-refractivity contribution in [2.75, 3.05) is 0 Å². The van der Waals surface area contributed by atoms with Crippen molar-refractivity contribution in [2.24, 2.45) is 11.3 Å². The number of rotatable bonds is 1. The maximum atomic E-state index is 9.47. The molecule has 0 aromatic carbocycles. The fraction of sp³-hybridized carbons (Fsp3) is 0.778. The average molecular weight is 138 g/mol. The molecule has 2 fully saturated rings. The maximum Gasteiger partial charge on any atom is 0.0577 e. The van der Waals surface area contributed by atoms with E-state index in [4.69, 9.17) is 0 Å². The van der Waals surface area contributed by atoms with Gasteiger partial charge in [0.25, 0.3) is 0 Å². The summed E-state index contributed by atoms with van der Waals surface area (Å²) in [5.41, 5.74) is 0.373. The topological polar surface area (TPSA) is 20.2 Å². The van der Waals surface area contributed by atoms with E-state index in [1.54, 1.807) is 0 Å². The summed E-state index contributed by atoms with van der Waals surface area (Å²) in [6.45, 7) is 3.82. The molecule has 0 unspecified atom stereocenters. The zero-order valence-corrected chi connectivity index (χ0v) is 6.21. The number of allylic oxidation sites excluding steroid dienone is 1. The summed E-state index contributed by atoms with van der Waals surface area (Å²) in [5, 5.41) is 9.47. The van der Waals surface area contributed by atoms with E-state index in [0.29, 0.717) is 11.3 Å². The zero-order valence-electron chi connectivity index (χ0n) is 6.21. The minimum absolute atomic E-state index is 0.0215. The van der Waals surface area contributed by atoms with E-state index in [-0.39, 0.29) is 6.10 Å². The minimum atomic E-state index is -0.0215. The van der Waals surface area contributed by atoms with Gasteiger partial charge in [-0.1, -0.05) is 6.08 Å². The highest BCUT2D eigenvalue weighted by Gasteiger charge is 2.56. The average Bonchev–Trinajstić information content (AvgIpc) is 2.65. The lowest BCUT2D eigenvalue weighted by molar-refractivity contribution is 0.104. The Kier molecular flexibility index (Phi) is 1.19. The van der Waals surface area contributed by atoms with Crippen molar-refractivity contribution in [3.8, 4) is 0 Å². The predicted octanol–water partition coefficient (Wildman–Crippen LogP) is 1.72. The first kappa shape index (κ1) is 6.41. The van der Waals surface area contributed by atoms with E-state index in [0.717, 1.165) is 6.42 Å². The van der Waals surface area contributed by atoms with Gasteiger partial charge in [0.1, 0.15) is 0 Å². The predicted molar refractivity (Wildman–Crippen MR) is 40.6 cm³/mol. The van der Waals surface area contributed by atoms with Gasteiger partial charge in [0, 0.05) is 0 Å². The third-order valence-corrected chi connectivity index (χ3v) is 3.19. The Labute approximate surface area is 61.8 Å². The Balaban J connectivity index is 2.11. The van der Waals surface area contributed by atoms with Gasteiger partial charge in [-0.25, -0.2) is 0 Å². The van der Waals surface area contributed by atoms with Crippen molar-refractivity contribution in [3.63, 3.8) is 0 Å². The highest BCUT2D eigenvalue weighted by molar-refractivity contribution is 5.16. The van der Waals surface area contributed by atoms with E-state index in [9.17, 15) is 5.11 Å². The fourth-order valence-electron chi connectivity index (χ4n) is 2.34. The second-order valence-electron chi connectivity index (χ2n) is 3.71. The van der Waals surface area contributed by atoms with E-state index >= 15 is 0 Å². The van der Waals surface area contributed by atoms with Crippen LogP contribution in [0.25, 0.3) is 0 Å². The molecule has 1 N–H and O–H groups in total.